The third-order valence-electron chi connectivity index (χ3n) is 5.58. The van der Waals surface area contributed by atoms with Gasteiger partial charge in [0.05, 0.1) is 11.3 Å². The molecule has 2 heterocycles. The van der Waals surface area contributed by atoms with Crippen molar-refractivity contribution in [2.45, 2.75) is 22.7 Å². The number of nitro groups is 1. The van der Waals surface area contributed by atoms with Gasteiger partial charge in [0, 0.05) is 22.5 Å². The van der Waals surface area contributed by atoms with Gasteiger partial charge in [0.15, 0.2) is 0 Å². The van der Waals surface area contributed by atoms with Crippen molar-refractivity contribution >= 4 is 53.0 Å². The SMILES string of the molecule is O=C(Cc1ccccc1)N[C@@H]1C(=O)N2C(C(=O)O)=C(CSc3ccc([N+](=O)[O-])c(C(=O)O)c3)CS[C@H]12. The van der Waals surface area contributed by atoms with Gasteiger partial charge in [-0.25, -0.2) is 9.59 Å². The Morgan fingerprint density at radius 2 is 1.86 bits per heavy atom. The van der Waals surface area contributed by atoms with E-state index in [9.17, 15) is 39.5 Å². The largest absolute Gasteiger partial charge is 0.477 e. The van der Waals surface area contributed by atoms with E-state index in [1.807, 2.05) is 6.07 Å². The lowest BCUT2D eigenvalue weighted by Gasteiger charge is -2.49. The zero-order chi connectivity index (χ0) is 26.0. The van der Waals surface area contributed by atoms with Gasteiger partial charge in [-0.15, -0.1) is 23.5 Å². The lowest BCUT2D eigenvalue weighted by molar-refractivity contribution is -0.385. The minimum atomic E-state index is -1.45. The molecule has 0 radical (unpaired) electrons. The molecule has 1 saturated heterocycles. The van der Waals surface area contributed by atoms with E-state index in [-0.39, 0.29) is 29.5 Å². The van der Waals surface area contributed by atoms with E-state index in [0.717, 1.165) is 29.5 Å². The lowest BCUT2D eigenvalue weighted by Crippen LogP contribution is -2.70. The number of aliphatic carboxylic acids is 1. The number of carbonyl (C=O) groups excluding carboxylic acids is 2. The minimum Gasteiger partial charge on any atom is -0.477 e. The Morgan fingerprint density at radius 3 is 2.50 bits per heavy atom. The molecule has 0 saturated carbocycles. The normalized spacial score (nSPS) is 18.8. The Balaban J connectivity index is 1.46. The van der Waals surface area contributed by atoms with Crippen LogP contribution in [-0.4, -0.2) is 66.7 Å². The molecule has 11 nitrogen and oxygen atoms in total. The number of benzene rings is 2. The summed E-state index contributed by atoms with van der Waals surface area (Å²) in [7, 11) is 0. The molecule has 2 aromatic rings. The predicted molar refractivity (Wildman–Crippen MR) is 131 cm³/mol. The predicted octanol–water partition coefficient (Wildman–Crippen LogP) is 2.37. The van der Waals surface area contributed by atoms with Crippen molar-refractivity contribution in [1.29, 1.82) is 0 Å². The van der Waals surface area contributed by atoms with Crippen molar-refractivity contribution in [2.75, 3.05) is 11.5 Å². The van der Waals surface area contributed by atoms with Crippen LogP contribution < -0.4 is 5.32 Å². The Bertz CT molecular complexity index is 1300. The second-order valence-corrected chi connectivity index (χ2v) is 10.1. The van der Waals surface area contributed by atoms with Gasteiger partial charge in [-0.2, -0.15) is 0 Å². The second-order valence-electron chi connectivity index (χ2n) is 7.90. The van der Waals surface area contributed by atoms with Crippen molar-refractivity contribution in [3.05, 3.63) is 81.0 Å². The highest BCUT2D eigenvalue weighted by molar-refractivity contribution is 8.01. The molecule has 0 aliphatic carbocycles. The third-order valence-corrected chi connectivity index (χ3v) is 8.00. The number of rotatable bonds is 9. The highest BCUT2D eigenvalue weighted by Crippen LogP contribution is 2.41. The minimum absolute atomic E-state index is 0.0963. The molecule has 2 aromatic carbocycles. The average molecular weight is 530 g/mol. The van der Waals surface area contributed by atoms with Crippen LogP contribution in [0.2, 0.25) is 0 Å². The van der Waals surface area contributed by atoms with Crippen molar-refractivity contribution in [2.24, 2.45) is 0 Å². The number of carbonyl (C=O) groups is 4. The molecule has 1 fully saturated rings. The van der Waals surface area contributed by atoms with E-state index >= 15 is 0 Å². The molecule has 13 heteroatoms. The fourth-order valence-corrected chi connectivity index (χ4v) is 6.33. The Hall–Kier alpha value is -3.84. The Morgan fingerprint density at radius 1 is 1.14 bits per heavy atom. The number of nitro benzene ring substituents is 1. The molecule has 4 rings (SSSR count). The van der Waals surface area contributed by atoms with Crippen LogP contribution in [0.15, 0.2) is 64.7 Å². The van der Waals surface area contributed by atoms with E-state index < -0.39 is 45.4 Å². The van der Waals surface area contributed by atoms with Gasteiger partial charge in [-0.1, -0.05) is 30.3 Å². The van der Waals surface area contributed by atoms with Crippen molar-refractivity contribution in [1.82, 2.24) is 10.2 Å². The summed E-state index contributed by atoms with van der Waals surface area (Å²) < 4.78 is 0. The molecule has 0 spiro atoms. The lowest BCUT2D eigenvalue weighted by atomic mass is 10.0. The van der Waals surface area contributed by atoms with Crippen LogP contribution in [0.1, 0.15) is 15.9 Å². The molecule has 2 amide bonds. The van der Waals surface area contributed by atoms with E-state index in [2.05, 4.69) is 5.32 Å². The van der Waals surface area contributed by atoms with Crippen LogP contribution in [-0.2, 0) is 20.8 Å². The van der Waals surface area contributed by atoms with E-state index in [0.29, 0.717) is 10.5 Å². The monoisotopic (exact) mass is 529 g/mol. The van der Waals surface area contributed by atoms with Gasteiger partial charge in [0.1, 0.15) is 22.7 Å². The summed E-state index contributed by atoms with van der Waals surface area (Å²) in [5.41, 5.74) is 0.0663. The number of nitrogens with one attached hydrogen (secondary N) is 1. The summed E-state index contributed by atoms with van der Waals surface area (Å²) in [5, 5.41) is 32.3. The summed E-state index contributed by atoms with van der Waals surface area (Å²) in [6, 6.07) is 11.8. The Labute approximate surface area is 212 Å². The van der Waals surface area contributed by atoms with Crippen molar-refractivity contribution in [3.8, 4) is 0 Å². The molecule has 186 valence electrons. The van der Waals surface area contributed by atoms with Crippen molar-refractivity contribution in [3.63, 3.8) is 0 Å². The van der Waals surface area contributed by atoms with Crippen LogP contribution in [0.3, 0.4) is 0 Å². The highest BCUT2D eigenvalue weighted by Gasteiger charge is 2.54. The average Bonchev–Trinajstić information content (AvgIpc) is 2.85. The summed E-state index contributed by atoms with van der Waals surface area (Å²) in [5.74, 6) is -3.17. The van der Waals surface area contributed by atoms with E-state index in [1.165, 1.54) is 22.7 Å². The molecular weight excluding hydrogens is 510 g/mol. The maximum Gasteiger partial charge on any atom is 0.352 e. The van der Waals surface area contributed by atoms with E-state index in [4.69, 9.17) is 0 Å². The number of aromatic carboxylic acids is 1. The molecular formula is C23H19N3O8S2. The molecule has 36 heavy (non-hydrogen) atoms. The number of hydrogen-bond acceptors (Lipinski definition) is 8. The van der Waals surface area contributed by atoms with Gasteiger partial charge in [0.2, 0.25) is 5.91 Å². The van der Waals surface area contributed by atoms with Gasteiger partial charge in [-0.3, -0.25) is 24.6 Å². The first-order valence-electron chi connectivity index (χ1n) is 10.5. The number of thioether (sulfide) groups is 2. The fraction of sp³-hybridized carbons (Fsp3) is 0.217. The smallest absolute Gasteiger partial charge is 0.352 e. The molecule has 2 aliphatic rings. The standard InChI is InChI=1S/C23H19N3O8S2/c27-17(8-12-4-2-1-3-5-12)24-18-20(28)25-19(23(31)32)13(11-36-21(18)25)10-35-14-6-7-16(26(33)34)15(9-14)22(29)30/h1-7,9,18,21H,8,10-11H2,(H,24,27)(H,29,30)(H,31,32)/t18-,21-/m1/s1. The quantitative estimate of drug-likeness (QED) is 0.190. The van der Waals surface area contributed by atoms with Gasteiger partial charge in [0.25, 0.3) is 11.6 Å². The third kappa shape index (κ3) is 5.06. The highest BCUT2D eigenvalue weighted by atomic mass is 32.2. The topological polar surface area (TPSA) is 167 Å². The molecule has 3 N–H and O–H groups in total. The van der Waals surface area contributed by atoms with Crippen molar-refractivity contribution < 1.29 is 34.3 Å². The maximum atomic E-state index is 12.8. The Kier molecular flexibility index (Phi) is 7.31. The molecule has 0 aromatic heterocycles. The first-order chi connectivity index (χ1) is 17.2. The summed E-state index contributed by atoms with van der Waals surface area (Å²) >= 11 is 2.44. The molecule has 0 bridgehead atoms. The summed E-state index contributed by atoms with van der Waals surface area (Å²) in [4.78, 5) is 60.5. The van der Waals surface area contributed by atoms with Crippen LogP contribution in [0.5, 0.6) is 0 Å². The number of carboxylic acid groups (broad SMARTS) is 2. The van der Waals surface area contributed by atoms with Gasteiger partial charge < -0.3 is 15.5 Å². The zero-order valence-corrected chi connectivity index (χ0v) is 20.1. The van der Waals surface area contributed by atoms with Crippen LogP contribution in [0, 0.1) is 10.1 Å². The number of fused-ring (bicyclic) bond motifs is 1. The second kappa shape index (κ2) is 10.4. The number of nitrogens with zero attached hydrogens (tertiary/aromatic N) is 2. The number of hydrogen-bond donors (Lipinski definition) is 3. The van der Waals surface area contributed by atoms with Crippen LogP contribution >= 0.6 is 23.5 Å². The fourth-order valence-electron chi connectivity index (χ4n) is 3.91. The molecule has 2 atom stereocenters. The van der Waals surface area contributed by atoms with Gasteiger partial charge in [-0.05, 0) is 23.3 Å². The number of amides is 2. The zero-order valence-electron chi connectivity index (χ0n) is 18.4. The first-order valence-corrected chi connectivity index (χ1v) is 12.6. The van der Waals surface area contributed by atoms with Crippen LogP contribution in [0.25, 0.3) is 0 Å². The van der Waals surface area contributed by atoms with E-state index in [1.54, 1.807) is 24.3 Å². The number of carboxylic acids is 2. The molecule has 0 unspecified atom stereocenters. The maximum absolute atomic E-state index is 12.8. The molecule has 2 aliphatic heterocycles. The number of β-lactam (4-membered cyclic amide) rings is 1. The van der Waals surface area contributed by atoms with Gasteiger partial charge >= 0.3 is 11.9 Å². The first kappa shape index (κ1) is 25.3. The summed E-state index contributed by atoms with van der Waals surface area (Å²) in [6.45, 7) is 0. The summed E-state index contributed by atoms with van der Waals surface area (Å²) in [6.07, 6.45) is 0.0963. The van der Waals surface area contributed by atoms with Crippen LogP contribution in [0.4, 0.5) is 5.69 Å².